The van der Waals surface area contributed by atoms with Gasteiger partial charge in [-0.3, -0.25) is 0 Å². The van der Waals surface area contributed by atoms with Crippen molar-refractivity contribution in [3.8, 4) is 0 Å². The second-order valence-corrected chi connectivity index (χ2v) is 4.96. The Morgan fingerprint density at radius 2 is 2.12 bits per heavy atom. The van der Waals surface area contributed by atoms with E-state index in [1.807, 2.05) is 31.2 Å². The van der Waals surface area contributed by atoms with Gasteiger partial charge in [0, 0.05) is 6.04 Å². The monoisotopic (exact) mass is 233 g/mol. The summed E-state index contributed by atoms with van der Waals surface area (Å²) >= 11 is 0. The quantitative estimate of drug-likeness (QED) is 0.754. The molecule has 2 rings (SSSR count). The molecule has 0 aliphatic carbocycles. The predicted octanol–water partition coefficient (Wildman–Crippen LogP) is 1.81. The van der Waals surface area contributed by atoms with Crippen LogP contribution in [0, 0.1) is 0 Å². The van der Waals surface area contributed by atoms with Crippen molar-refractivity contribution in [1.29, 1.82) is 0 Å². The van der Waals surface area contributed by atoms with E-state index in [0.717, 1.165) is 16.9 Å². The molecule has 1 aromatic carbocycles. The second kappa shape index (κ2) is 4.47. The zero-order chi connectivity index (χ0) is 12.5. The molecule has 4 heteroatoms. The van der Waals surface area contributed by atoms with Crippen molar-refractivity contribution in [2.45, 2.75) is 39.0 Å². The zero-order valence-corrected chi connectivity index (χ0v) is 10.5. The number of nitrogens with one attached hydrogen (secondary N) is 2. The summed E-state index contributed by atoms with van der Waals surface area (Å²) in [5, 5.41) is 13.1. The zero-order valence-electron chi connectivity index (χ0n) is 10.5. The first-order valence-electron chi connectivity index (χ1n) is 5.86. The van der Waals surface area contributed by atoms with Crippen molar-refractivity contribution in [2.75, 3.05) is 0 Å². The average Bonchev–Trinajstić information content (AvgIpc) is 2.66. The highest BCUT2D eigenvalue weighted by molar-refractivity contribution is 5.74. The van der Waals surface area contributed by atoms with E-state index in [1.165, 1.54) is 0 Å². The number of hydrogen-bond donors (Lipinski definition) is 3. The van der Waals surface area contributed by atoms with E-state index in [1.54, 1.807) is 13.8 Å². The third kappa shape index (κ3) is 2.84. The van der Waals surface area contributed by atoms with Crippen LogP contribution in [0.2, 0.25) is 0 Å². The third-order valence-electron chi connectivity index (χ3n) is 3.07. The van der Waals surface area contributed by atoms with Gasteiger partial charge >= 0.3 is 0 Å². The summed E-state index contributed by atoms with van der Waals surface area (Å²) in [5.74, 6) is 0.891. The van der Waals surface area contributed by atoms with Crippen LogP contribution in [0.15, 0.2) is 24.3 Å². The van der Waals surface area contributed by atoms with E-state index in [0.29, 0.717) is 6.54 Å². The summed E-state index contributed by atoms with van der Waals surface area (Å²) in [6.45, 7) is 6.18. The molecule has 92 valence electrons. The minimum atomic E-state index is -0.730. The van der Waals surface area contributed by atoms with Gasteiger partial charge in [0.15, 0.2) is 0 Å². The number of benzene rings is 1. The maximum atomic E-state index is 9.81. The molecule has 0 saturated heterocycles. The predicted molar refractivity (Wildman–Crippen MR) is 68.7 cm³/mol. The fourth-order valence-electron chi connectivity index (χ4n) is 1.59. The molecule has 0 spiro atoms. The molecule has 4 nitrogen and oxygen atoms in total. The van der Waals surface area contributed by atoms with Crippen molar-refractivity contribution in [3.05, 3.63) is 30.1 Å². The molecule has 0 aliphatic heterocycles. The van der Waals surface area contributed by atoms with Crippen LogP contribution in [0.4, 0.5) is 0 Å². The minimum Gasteiger partial charge on any atom is -0.389 e. The Labute approximate surface area is 101 Å². The smallest absolute Gasteiger partial charge is 0.121 e. The number of aromatic nitrogens is 2. The van der Waals surface area contributed by atoms with Crippen molar-refractivity contribution >= 4 is 11.0 Å². The van der Waals surface area contributed by atoms with E-state index in [2.05, 4.69) is 15.3 Å². The lowest BCUT2D eigenvalue weighted by Gasteiger charge is -2.26. The van der Waals surface area contributed by atoms with Gasteiger partial charge in [-0.25, -0.2) is 4.98 Å². The van der Waals surface area contributed by atoms with Crippen LogP contribution in [0.25, 0.3) is 11.0 Å². The summed E-state index contributed by atoms with van der Waals surface area (Å²) in [6, 6.07) is 7.95. The first-order valence-corrected chi connectivity index (χ1v) is 5.86. The molecule has 0 fully saturated rings. The first kappa shape index (κ1) is 12.1. The molecule has 2 aromatic rings. The fraction of sp³-hybridized carbons (Fsp3) is 0.462. The minimum absolute atomic E-state index is 0.00992. The molecule has 1 heterocycles. The molecule has 1 aromatic heterocycles. The van der Waals surface area contributed by atoms with E-state index in [9.17, 15) is 5.11 Å². The largest absolute Gasteiger partial charge is 0.389 e. The molecule has 0 aliphatic rings. The van der Waals surface area contributed by atoms with Gasteiger partial charge < -0.3 is 15.4 Å². The molecule has 1 atom stereocenters. The lowest BCUT2D eigenvalue weighted by atomic mass is 10.0. The number of aliphatic hydroxyl groups is 1. The molecular formula is C13H19N3O. The molecule has 3 N–H and O–H groups in total. The average molecular weight is 233 g/mol. The molecule has 0 bridgehead atoms. The number of H-pyrrole nitrogens is 1. The Morgan fingerprint density at radius 1 is 1.41 bits per heavy atom. The topological polar surface area (TPSA) is 60.9 Å². The fourth-order valence-corrected chi connectivity index (χ4v) is 1.59. The molecule has 0 saturated carbocycles. The number of fused-ring (bicyclic) bond motifs is 1. The lowest BCUT2D eigenvalue weighted by Crippen LogP contribution is -2.44. The van der Waals surface area contributed by atoms with Crippen LogP contribution in [0.3, 0.4) is 0 Å². The standard InChI is InChI=1S/C13H19N3O/c1-9(13(2,3)17)14-8-12-15-10-6-4-5-7-11(10)16-12/h4-7,9,14,17H,8H2,1-3H3,(H,15,16). The number of nitrogens with zero attached hydrogens (tertiary/aromatic N) is 1. The summed E-state index contributed by atoms with van der Waals surface area (Å²) in [6.07, 6.45) is 0. The summed E-state index contributed by atoms with van der Waals surface area (Å²) < 4.78 is 0. The SMILES string of the molecule is CC(NCc1nc2ccccc2[nH]1)C(C)(C)O. The normalized spacial score (nSPS) is 14.1. The third-order valence-corrected chi connectivity index (χ3v) is 3.07. The van der Waals surface area contributed by atoms with E-state index in [-0.39, 0.29) is 6.04 Å². The van der Waals surface area contributed by atoms with Gasteiger partial charge in [-0.1, -0.05) is 12.1 Å². The van der Waals surface area contributed by atoms with Crippen molar-refractivity contribution < 1.29 is 5.11 Å². The van der Waals surface area contributed by atoms with Gasteiger partial charge in [0.25, 0.3) is 0 Å². The number of para-hydroxylation sites is 2. The number of aromatic amines is 1. The molecule has 0 radical (unpaired) electrons. The highest BCUT2D eigenvalue weighted by Gasteiger charge is 2.21. The van der Waals surface area contributed by atoms with Crippen molar-refractivity contribution in [1.82, 2.24) is 15.3 Å². The highest BCUT2D eigenvalue weighted by atomic mass is 16.3. The molecule has 17 heavy (non-hydrogen) atoms. The Bertz CT molecular complexity index is 466. The van der Waals surface area contributed by atoms with Crippen LogP contribution < -0.4 is 5.32 Å². The number of imidazole rings is 1. The van der Waals surface area contributed by atoms with Gasteiger partial charge in [0.1, 0.15) is 5.82 Å². The van der Waals surface area contributed by atoms with Crippen LogP contribution >= 0.6 is 0 Å². The van der Waals surface area contributed by atoms with Crippen LogP contribution in [0.1, 0.15) is 26.6 Å². The van der Waals surface area contributed by atoms with E-state index in [4.69, 9.17) is 0 Å². The highest BCUT2D eigenvalue weighted by Crippen LogP contribution is 2.11. The molecule has 0 amide bonds. The maximum Gasteiger partial charge on any atom is 0.121 e. The first-order chi connectivity index (χ1) is 7.97. The Balaban J connectivity index is 2.04. The van der Waals surface area contributed by atoms with E-state index < -0.39 is 5.60 Å². The summed E-state index contributed by atoms with van der Waals surface area (Å²) in [5.41, 5.74) is 1.28. The van der Waals surface area contributed by atoms with Crippen LogP contribution in [-0.4, -0.2) is 26.7 Å². The Kier molecular flexibility index (Phi) is 3.17. The van der Waals surface area contributed by atoms with E-state index >= 15 is 0 Å². The maximum absolute atomic E-state index is 9.81. The van der Waals surface area contributed by atoms with Crippen LogP contribution in [0.5, 0.6) is 0 Å². The van der Waals surface area contributed by atoms with Crippen molar-refractivity contribution in [2.24, 2.45) is 0 Å². The Hall–Kier alpha value is -1.39. The number of rotatable bonds is 4. The van der Waals surface area contributed by atoms with Gasteiger partial charge in [-0.15, -0.1) is 0 Å². The second-order valence-electron chi connectivity index (χ2n) is 4.96. The van der Waals surface area contributed by atoms with Crippen molar-refractivity contribution in [3.63, 3.8) is 0 Å². The lowest BCUT2D eigenvalue weighted by molar-refractivity contribution is 0.0435. The van der Waals surface area contributed by atoms with Crippen LogP contribution in [-0.2, 0) is 6.54 Å². The van der Waals surface area contributed by atoms with Gasteiger partial charge in [-0.05, 0) is 32.9 Å². The van der Waals surface area contributed by atoms with Gasteiger partial charge in [0.05, 0.1) is 23.2 Å². The Morgan fingerprint density at radius 3 is 2.76 bits per heavy atom. The summed E-state index contributed by atoms with van der Waals surface area (Å²) in [7, 11) is 0. The number of hydrogen-bond acceptors (Lipinski definition) is 3. The molecular weight excluding hydrogens is 214 g/mol. The van der Waals surface area contributed by atoms with Gasteiger partial charge in [-0.2, -0.15) is 0 Å². The summed E-state index contributed by atoms with van der Waals surface area (Å²) in [4.78, 5) is 7.71. The van der Waals surface area contributed by atoms with Gasteiger partial charge in [0.2, 0.25) is 0 Å². The molecule has 1 unspecified atom stereocenters.